The Balaban J connectivity index is 1.92. The first-order chi connectivity index (χ1) is 27.4. The van der Waals surface area contributed by atoms with Crippen LogP contribution in [0.1, 0.15) is 50.8 Å². The van der Waals surface area contributed by atoms with E-state index >= 15 is 0 Å². The van der Waals surface area contributed by atoms with Gasteiger partial charge in [-0.2, -0.15) is 0 Å². The van der Waals surface area contributed by atoms with Gasteiger partial charge in [-0.15, -0.1) is 0 Å². The lowest BCUT2D eigenvalue weighted by Crippen LogP contribution is -2.59. The number of likely N-dealkylation sites (N-methyl/N-ethyl adjacent to an activating group) is 3. The molecule has 6 atom stereocenters. The van der Waals surface area contributed by atoms with E-state index in [1.807, 2.05) is 19.1 Å². The maximum Gasteiger partial charge on any atom is 0.328 e. The zero-order chi connectivity index (χ0) is 43.3. The van der Waals surface area contributed by atoms with Crippen LogP contribution in [0.15, 0.2) is 72.8 Å². The van der Waals surface area contributed by atoms with E-state index in [2.05, 4.69) is 5.32 Å². The summed E-state index contributed by atoms with van der Waals surface area (Å²) in [5.41, 5.74) is 2.20. The third-order valence-electron chi connectivity index (χ3n) is 10.5. The fraction of sp³-hybridized carbons (Fsp3) is 0.477. The summed E-state index contributed by atoms with van der Waals surface area (Å²) in [6.07, 6.45) is -0.295. The number of amides is 3. The van der Waals surface area contributed by atoms with Gasteiger partial charge in [0.1, 0.15) is 35.7 Å². The number of nitrogens with one attached hydrogen (secondary N) is 1. The quantitative estimate of drug-likeness (QED) is 0.126. The van der Waals surface area contributed by atoms with Gasteiger partial charge < -0.3 is 39.5 Å². The highest BCUT2D eigenvalue weighted by Crippen LogP contribution is 2.22. The molecule has 0 saturated carbocycles. The molecule has 0 heterocycles. The third kappa shape index (κ3) is 12.7. The summed E-state index contributed by atoms with van der Waals surface area (Å²) in [6.45, 7) is 7.19. The zero-order valence-corrected chi connectivity index (χ0v) is 35.4. The fourth-order valence-corrected chi connectivity index (χ4v) is 6.44. The van der Waals surface area contributed by atoms with E-state index in [-0.39, 0.29) is 18.6 Å². The number of hydrogen-bond acceptors (Lipinski definition) is 10. The summed E-state index contributed by atoms with van der Waals surface area (Å²) in [5, 5.41) is 20.6. The molecule has 0 radical (unpaired) electrons. The van der Waals surface area contributed by atoms with Gasteiger partial charge in [0, 0.05) is 45.0 Å². The normalized spacial score (nSPS) is 14.3. The van der Waals surface area contributed by atoms with Crippen molar-refractivity contribution < 1.29 is 48.4 Å². The Kier molecular flexibility index (Phi) is 17.5. The van der Waals surface area contributed by atoms with E-state index < -0.39 is 71.8 Å². The van der Waals surface area contributed by atoms with E-state index in [0.29, 0.717) is 35.5 Å². The minimum Gasteiger partial charge on any atom is -0.593 e. The second-order valence-corrected chi connectivity index (χ2v) is 15.2. The summed E-state index contributed by atoms with van der Waals surface area (Å²) < 4.78 is 16.3. The van der Waals surface area contributed by atoms with Gasteiger partial charge in [0.2, 0.25) is 11.8 Å². The number of benzene rings is 3. The van der Waals surface area contributed by atoms with Gasteiger partial charge in [-0.3, -0.25) is 24.1 Å². The first kappa shape index (κ1) is 46.8. The lowest BCUT2D eigenvalue weighted by molar-refractivity contribution is -0.164. The lowest BCUT2D eigenvalue weighted by atomic mass is 9.96. The van der Waals surface area contributed by atoms with Crippen molar-refractivity contribution in [3.8, 4) is 17.2 Å². The van der Waals surface area contributed by atoms with Crippen LogP contribution in [0.3, 0.4) is 0 Å². The van der Waals surface area contributed by atoms with Gasteiger partial charge in [-0.25, -0.2) is 4.79 Å². The fourth-order valence-electron chi connectivity index (χ4n) is 6.44. The molecule has 0 aliphatic rings. The van der Waals surface area contributed by atoms with E-state index in [9.17, 15) is 29.1 Å². The van der Waals surface area contributed by atoms with Crippen LogP contribution in [0.4, 0.5) is 0 Å². The predicted octanol–water partition coefficient (Wildman–Crippen LogP) is 3.72. The largest absolute Gasteiger partial charge is 0.593 e. The number of esters is 2. The molecule has 14 nitrogen and oxygen atoms in total. The van der Waals surface area contributed by atoms with Crippen molar-refractivity contribution >= 4 is 29.7 Å². The average Bonchev–Trinajstić information content (AvgIpc) is 3.21. The Morgan fingerprint density at radius 2 is 1.17 bits per heavy atom. The highest BCUT2D eigenvalue weighted by atomic mass is 16.6. The summed E-state index contributed by atoms with van der Waals surface area (Å²) in [4.78, 5) is 74.3. The number of carbonyl (C=O) groups is 5. The first-order valence-corrected chi connectivity index (χ1v) is 19.4. The third-order valence-corrected chi connectivity index (χ3v) is 10.5. The van der Waals surface area contributed by atoms with Gasteiger partial charge in [-0.05, 0) is 85.9 Å². The Labute approximate surface area is 342 Å². The average molecular weight is 806 g/mol. The van der Waals surface area contributed by atoms with Crippen LogP contribution < -0.4 is 10.1 Å². The number of hydrogen-bond donors (Lipinski definition) is 2. The molecule has 0 bridgehead atoms. The van der Waals surface area contributed by atoms with Crippen molar-refractivity contribution in [2.24, 2.45) is 11.8 Å². The van der Waals surface area contributed by atoms with Crippen LogP contribution >= 0.6 is 0 Å². The molecule has 3 aromatic rings. The molecular formula is C44H61N4O10+. The summed E-state index contributed by atoms with van der Waals surface area (Å²) in [7, 11) is 9.25. The number of nitrogens with zero attached hydrogens (tertiary/aromatic N) is 3. The second kappa shape index (κ2) is 21.8. The zero-order valence-electron chi connectivity index (χ0n) is 35.4. The van der Waals surface area contributed by atoms with Crippen LogP contribution in [0.2, 0.25) is 0 Å². The minimum atomic E-state index is -1.22. The van der Waals surface area contributed by atoms with Crippen molar-refractivity contribution in [3.63, 3.8) is 0 Å². The Morgan fingerprint density at radius 1 is 0.690 bits per heavy atom. The maximum atomic E-state index is 14.5. The summed E-state index contributed by atoms with van der Waals surface area (Å²) in [6, 6.07) is 16.0. The van der Waals surface area contributed by atoms with Gasteiger partial charge in [0.25, 0.3) is 11.7 Å². The van der Waals surface area contributed by atoms with E-state index in [4.69, 9.17) is 19.3 Å². The Bertz CT molecular complexity index is 1820. The number of aromatic hydroxyl groups is 1. The molecule has 0 aromatic heterocycles. The summed E-state index contributed by atoms with van der Waals surface area (Å²) in [5.74, 6) is -2.91. The molecule has 1 unspecified atom stereocenters. The highest BCUT2D eigenvalue weighted by Gasteiger charge is 2.40. The number of carbonyl (C=O) groups excluding carboxylic acids is 5. The van der Waals surface area contributed by atoms with E-state index in [1.165, 1.54) is 43.1 Å². The molecule has 3 rings (SSSR count). The van der Waals surface area contributed by atoms with Crippen molar-refractivity contribution in [2.45, 2.75) is 83.6 Å². The molecule has 0 saturated heterocycles. The lowest BCUT2D eigenvalue weighted by Gasteiger charge is -2.36. The van der Waals surface area contributed by atoms with E-state index in [0.717, 1.165) is 5.56 Å². The van der Waals surface area contributed by atoms with Gasteiger partial charge in [0.15, 0.2) is 6.10 Å². The number of methoxy groups -OCH3 is 2. The molecule has 3 amide bonds. The molecule has 3 aromatic carbocycles. The van der Waals surface area contributed by atoms with Gasteiger partial charge in [-0.1, -0.05) is 52.0 Å². The summed E-state index contributed by atoms with van der Waals surface area (Å²) >= 11 is 0. The predicted molar refractivity (Wildman–Crippen MR) is 220 cm³/mol. The molecule has 58 heavy (non-hydrogen) atoms. The van der Waals surface area contributed by atoms with Crippen LogP contribution in [0.5, 0.6) is 17.2 Å². The van der Waals surface area contributed by atoms with Crippen LogP contribution in [0, 0.1) is 11.8 Å². The number of rotatable bonds is 20. The monoisotopic (exact) mass is 805 g/mol. The number of phenols is 1. The molecule has 0 aliphatic carbocycles. The first-order valence-electron chi connectivity index (χ1n) is 19.4. The van der Waals surface area contributed by atoms with Crippen LogP contribution in [0.25, 0.3) is 0 Å². The van der Waals surface area contributed by atoms with Crippen LogP contribution in [-0.4, -0.2) is 127 Å². The molecule has 316 valence electrons. The van der Waals surface area contributed by atoms with Crippen LogP contribution in [-0.2, 0) is 52.7 Å². The highest BCUT2D eigenvalue weighted by molar-refractivity contribution is 5.95. The smallest absolute Gasteiger partial charge is 0.328 e. The van der Waals surface area contributed by atoms with Gasteiger partial charge >= 0.3 is 11.9 Å². The van der Waals surface area contributed by atoms with Crippen molar-refractivity contribution in [2.75, 3.05) is 42.4 Å². The number of phenolic OH excluding ortho intramolecular Hbond substituents is 1. The van der Waals surface area contributed by atoms with Crippen molar-refractivity contribution in [1.82, 2.24) is 20.0 Å². The minimum absolute atomic E-state index is 0.0130. The Morgan fingerprint density at radius 3 is 1.66 bits per heavy atom. The molecule has 0 aliphatic heterocycles. The number of ether oxygens (including phenoxy) is 3. The molecular weight excluding hydrogens is 745 g/mol. The standard InChI is InChI=1S/C44H60N4O10/c1-11-28(4)39(58-44(55)36(46(5)6)25-31-16-22-34(56-9)23-17-31)40(51)45-38(27(2)3)42(53)47(7)35(24-29-12-18-32(49)19-13-29)41(52)48(8)37(43(54)57-10)26-30-14-20-33(50)21-15-30/h12-23,27-28,35-39,49-50H,11,24-26H2,1-10H3,(H,45,51)/p+1/t28-,35-,36-,37-,38?,39+/m1/s1. The molecule has 0 fully saturated rings. The van der Waals surface area contributed by atoms with Crippen molar-refractivity contribution in [3.05, 3.63) is 89.5 Å². The Hall–Kier alpha value is -5.63. The van der Waals surface area contributed by atoms with E-state index in [1.54, 1.807) is 95.4 Å². The van der Waals surface area contributed by atoms with Crippen molar-refractivity contribution in [1.29, 1.82) is 0 Å². The molecule has 14 heteroatoms. The second-order valence-electron chi connectivity index (χ2n) is 15.2. The SMILES string of the molecule is CC[C@@H](C)[C@H](OC(=O)[C@@H](Cc1ccc(OC)cc1)N(C)C)C(=O)NC(C(=O)N(C)[C@H](Cc1ccc(O)cc1)C(=O)N(C)[C@H](Cc1ccc([OH2+])cc1)C(=O)OC)C(C)C. The molecule has 4 N–H and O–H groups in total. The maximum absolute atomic E-state index is 14.5. The topological polar surface area (TPSA) is 178 Å². The molecule has 0 spiro atoms. The van der Waals surface area contributed by atoms with Gasteiger partial charge in [0.05, 0.1) is 14.2 Å².